The Labute approximate surface area is 63.8 Å². The monoisotopic (exact) mass is 140 g/mol. The van der Waals surface area contributed by atoms with Crippen molar-refractivity contribution < 1.29 is 0 Å². The molecular formula is C8H16N2. The second kappa shape index (κ2) is 5.28. The summed E-state index contributed by atoms with van der Waals surface area (Å²) in [5.74, 6) is 2.60. The Bertz CT molecular complexity index is 113. The van der Waals surface area contributed by atoms with E-state index in [-0.39, 0.29) is 0 Å². The lowest BCUT2D eigenvalue weighted by atomic mass is 10.5. The number of hydrogen-bond donors (Lipinski definition) is 0. The van der Waals surface area contributed by atoms with Gasteiger partial charge in [0.1, 0.15) is 0 Å². The van der Waals surface area contributed by atoms with Crippen molar-refractivity contribution in [3.63, 3.8) is 0 Å². The van der Waals surface area contributed by atoms with Crippen LogP contribution in [0.2, 0.25) is 0 Å². The van der Waals surface area contributed by atoms with Crippen molar-refractivity contribution in [2.24, 2.45) is 0 Å². The van der Waals surface area contributed by atoms with Crippen molar-refractivity contribution in [3.8, 4) is 12.3 Å². The first kappa shape index (κ1) is 9.48. The Hall–Kier alpha value is -0.520. The van der Waals surface area contributed by atoms with Crippen LogP contribution in [0.5, 0.6) is 0 Å². The smallest absolute Gasteiger partial charge is 0.0596 e. The molecule has 58 valence electrons. The van der Waals surface area contributed by atoms with Crippen molar-refractivity contribution in [2.45, 2.75) is 0 Å². The van der Waals surface area contributed by atoms with E-state index in [1.54, 1.807) is 0 Å². The molecule has 0 bridgehead atoms. The zero-order chi connectivity index (χ0) is 7.98. The van der Waals surface area contributed by atoms with Crippen molar-refractivity contribution in [2.75, 3.05) is 40.8 Å². The third-order valence-corrected chi connectivity index (χ3v) is 1.29. The standard InChI is InChI=1S/C8H16N2/c1-5-6-10(4)8-7-9(2)3/h1H,6-8H2,2-4H3. The number of likely N-dealkylation sites (N-methyl/N-ethyl adjacent to an activating group) is 2. The van der Waals surface area contributed by atoms with Crippen LogP contribution in [-0.2, 0) is 0 Å². The van der Waals surface area contributed by atoms with Gasteiger partial charge in [0.15, 0.2) is 0 Å². The molecule has 0 saturated carbocycles. The molecule has 0 aromatic heterocycles. The van der Waals surface area contributed by atoms with Crippen LogP contribution in [0.3, 0.4) is 0 Å². The summed E-state index contributed by atoms with van der Waals surface area (Å²) in [4.78, 5) is 4.27. The molecule has 10 heavy (non-hydrogen) atoms. The van der Waals surface area contributed by atoms with Gasteiger partial charge in [-0.1, -0.05) is 5.92 Å². The summed E-state index contributed by atoms with van der Waals surface area (Å²) >= 11 is 0. The fourth-order valence-electron chi connectivity index (χ4n) is 0.606. The topological polar surface area (TPSA) is 6.48 Å². The zero-order valence-corrected chi connectivity index (χ0v) is 7.09. The predicted molar refractivity (Wildman–Crippen MR) is 44.9 cm³/mol. The van der Waals surface area contributed by atoms with Gasteiger partial charge in [-0.25, -0.2) is 0 Å². The maximum absolute atomic E-state index is 5.13. The Morgan fingerprint density at radius 2 is 1.80 bits per heavy atom. The molecule has 0 aliphatic rings. The molecule has 0 aliphatic carbocycles. The van der Waals surface area contributed by atoms with Gasteiger partial charge >= 0.3 is 0 Å². The van der Waals surface area contributed by atoms with E-state index in [1.807, 2.05) is 7.05 Å². The second-order valence-corrected chi connectivity index (χ2v) is 2.75. The highest BCUT2D eigenvalue weighted by molar-refractivity contribution is 4.87. The summed E-state index contributed by atoms with van der Waals surface area (Å²) in [7, 11) is 6.15. The van der Waals surface area contributed by atoms with Gasteiger partial charge in [-0.15, -0.1) is 6.42 Å². The van der Waals surface area contributed by atoms with Gasteiger partial charge in [-0.2, -0.15) is 0 Å². The van der Waals surface area contributed by atoms with E-state index in [0.29, 0.717) is 0 Å². The van der Waals surface area contributed by atoms with Gasteiger partial charge in [-0.3, -0.25) is 4.90 Å². The first-order chi connectivity index (χ1) is 4.66. The lowest BCUT2D eigenvalue weighted by Gasteiger charge is -2.16. The molecule has 0 spiro atoms. The molecule has 0 radical (unpaired) electrons. The lowest BCUT2D eigenvalue weighted by Crippen LogP contribution is -2.28. The number of hydrogen-bond acceptors (Lipinski definition) is 2. The summed E-state index contributed by atoms with van der Waals surface area (Å²) in [6.07, 6.45) is 5.13. The molecule has 2 heteroatoms. The SMILES string of the molecule is C#CCN(C)CCN(C)C. The maximum atomic E-state index is 5.13. The number of rotatable bonds is 4. The third-order valence-electron chi connectivity index (χ3n) is 1.29. The number of terminal acetylenes is 1. The highest BCUT2D eigenvalue weighted by atomic mass is 15.1. The lowest BCUT2D eigenvalue weighted by molar-refractivity contribution is 0.305. The van der Waals surface area contributed by atoms with Gasteiger partial charge in [-0.05, 0) is 21.1 Å². The minimum atomic E-state index is 0.744. The minimum Gasteiger partial charge on any atom is -0.308 e. The second-order valence-electron chi connectivity index (χ2n) is 2.75. The molecule has 2 nitrogen and oxygen atoms in total. The molecule has 0 saturated heterocycles. The van der Waals surface area contributed by atoms with Gasteiger partial charge < -0.3 is 4.90 Å². The van der Waals surface area contributed by atoms with Crippen LogP contribution < -0.4 is 0 Å². The fourth-order valence-corrected chi connectivity index (χ4v) is 0.606. The Morgan fingerprint density at radius 1 is 1.20 bits per heavy atom. The largest absolute Gasteiger partial charge is 0.308 e. The molecule has 0 rings (SSSR count). The van der Waals surface area contributed by atoms with Crippen LogP contribution >= 0.6 is 0 Å². The van der Waals surface area contributed by atoms with E-state index in [0.717, 1.165) is 19.6 Å². The molecule has 0 N–H and O–H groups in total. The molecule has 0 amide bonds. The normalized spacial score (nSPS) is 10.4. The molecule has 0 heterocycles. The van der Waals surface area contributed by atoms with Gasteiger partial charge in [0, 0.05) is 13.1 Å². The maximum Gasteiger partial charge on any atom is 0.0596 e. The zero-order valence-electron chi connectivity index (χ0n) is 7.09. The quantitative estimate of drug-likeness (QED) is 0.511. The predicted octanol–water partition coefficient (Wildman–Crippen LogP) is 0.113. The van der Waals surface area contributed by atoms with Gasteiger partial charge in [0.05, 0.1) is 6.54 Å². The Kier molecular flexibility index (Phi) is 5.00. The minimum absolute atomic E-state index is 0.744. The van der Waals surface area contributed by atoms with E-state index >= 15 is 0 Å². The van der Waals surface area contributed by atoms with Crippen LogP contribution in [0.25, 0.3) is 0 Å². The summed E-state index contributed by atoms with van der Waals surface area (Å²) in [6.45, 7) is 2.85. The summed E-state index contributed by atoms with van der Waals surface area (Å²) in [5, 5.41) is 0. The first-order valence-corrected chi connectivity index (χ1v) is 3.43. The highest BCUT2D eigenvalue weighted by Gasteiger charge is 1.94. The fraction of sp³-hybridized carbons (Fsp3) is 0.750. The molecule has 0 fully saturated rings. The molecule has 0 aromatic rings. The Morgan fingerprint density at radius 3 is 2.20 bits per heavy atom. The van der Waals surface area contributed by atoms with Crippen molar-refractivity contribution >= 4 is 0 Å². The average molecular weight is 140 g/mol. The summed E-state index contributed by atoms with van der Waals surface area (Å²) < 4.78 is 0. The van der Waals surface area contributed by atoms with Crippen molar-refractivity contribution in [1.29, 1.82) is 0 Å². The van der Waals surface area contributed by atoms with Gasteiger partial charge in [0.2, 0.25) is 0 Å². The summed E-state index contributed by atoms with van der Waals surface area (Å²) in [6, 6.07) is 0. The van der Waals surface area contributed by atoms with E-state index in [1.165, 1.54) is 0 Å². The van der Waals surface area contributed by atoms with Crippen LogP contribution in [-0.4, -0.2) is 50.6 Å². The van der Waals surface area contributed by atoms with E-state index < -0.39 is 0 Å². The van der Waals surface area contributed by atoms with Crippen LogP contribution in [0.15, 0.2) is 0 Å². The van der Waals surface area contributed by atoms with Crippen LogP contribution in [0.1, 0.15) is 0 Å². The van der Waals surface area contributed by atoms with E-state index in [2.05, 4.69) is 29.8 Å². The molecule has 0 atom stereocenters. The average Bonchev–Trinajstić information content (AvgIpc) is 1.85. The van der Waals surface area contributed by atoms with Gasteiger partial charge in [0.25, 0.3) is 0 Å². The van der Waals surface area contributed by atoms with E-state index in [4.69, 9.17) is 6.42 Å². The van der Waals surface area contributed by atoms with Crippen LogP contribution in [0, 0.1) is 12.3 Å². The summed E-state index contributed by atoms with van der Waals surface area (Å²) in [5.41, 5.74) is 0. The highest BCUT2D eigenvalue weighted by Crippen LogP contribution is 1.81. The number of nitrogens with zero attached hydrogens (tertiary/aromatic N) is 2. The molecule has 0 aliphatic heterocycles. The molecule has 0 unspecified atom stereocenters. The molecule has 0 aromatic carbocycles. The van der Waals surface area contributed by atoms with Crippen molar-refractivity contribution in [1.82, 2.24) is 9.80 Å². The van der Waals surface area contributed by atoms with Crippen molar-refractivity contribution in [3.05, 3.63) is 0 Å². The van der Waals surface area contributed by atoms with Crippen LogP contribution in [0.4, 0.5) is 0 Å². The third kappa shape index (κ3) is 5.61. The molecular weight excluding hydrogens is 124 g/mol. The van der Waals surface area contributed by atoms with E-state index in [9.17, 15) is 0 Å². The Balaban J connectivity index is 3.23. The first-order valence-electron chi connectivity index (χ1n) is 3.43.